The SMILES string of the molecule is Cc1ccc(C2CC3(CCC2=NO)OCCO3)nc1. The van der Waals surface area contributed by atoms with Crippen LogP contribution >= 0.6 is 0 Å². The van der Waals surface area contributed by atoms with Crippen molar-refractivity contribution in [2.75, 3.05) is 13.2 Å². The first-order chi connectivity index (χ1) is 9.22. The Hall–Kier alpha value is -1.46. The van der Waals surface area contributed by atoms with Gasteiger partial charge in [0.05, 0.1) is 18.9 Å². The molecule has 1 aliphatic carbocycles. The van der Waals surface area contributed by atoms with E-state index in [1.54, 1.807) is 0 Å². The Morgan fingerprint density at radius 1 is 1.37 bits per heavy atom. The van der Waals surface area contributed by atoms with Crippen molar-refractivity contribution < 1.29 is 14.7 Å². The number of hydrogen-bond donors (Lipinski definition) is 1. The van der Waals surface area contributed by atoms with Gasteiger partial charge < -0.3 is 14.7 Å². The van der Waals surface area contributed by atoms with Crippen LogP contribution in [0.4, 0.5) is 0 Å². The minimum Gasteiger partial charge on any atom is -0.411 e. The molecule has 0 bridgehead atoms. The third-order valence-corrected chi connectivity index (χ3v) is 3.91. The van der Waals surface area contributed by atoms with Crippen LogP contribution in [0.1, 0.15) is 36.4 Å². The zero-order chi connectivity index (χ0) is 13.3. The van der Waals surface area contributed by atoms with Crippen molar-refractivity contribution in [2.24, 2.45) is 5.16 Å². The summed E-state index contributed by atoms with van der Waals surface area (Å²) >= 11 is 0. The van der Waals surface area contributed by atoms with Gasteiger partial charge in [-0.1, -0.05) is 11.2 Å². The Kier molecular flexibility index (Phi) is 3.24. The molecule has 2 aliphatic rings. The van der Waals surface area contributed by atoms with Crippen molar-refractivity contribution >= 4 is 5.71 Å². The van der Waals surface area contributed by atoms with Gasteiger partial charge in [-0.15, -0.1) is 0 Å². The number of pyridine rings is 1. The van der Waals surface area contributed by atoms with Crippen molar-refractivity contribution in [3.05, 3.63) is 29.6 Å². The molecule has 0 radical (unpaired) electrons. The van der Waals surface area contributed by atoms with Crippen LogP contribution in [-0.4, -0.2) is 34.9 Å². The second-order valence-corrected chi connectivity index (χ2v) is 5.22. The number of oxime groups is 1. The maximum atomic E-state index is 9.19. The van der Waals surface area contributed by atoms with Crippen molar-refractivity contribution in [3.63, 3.8) is 0 Å². The first-order valence-electron chi connectivity index (χ1n) is 6.64. The molecule has 0 aromatic carbocycles. The van der Waals surface area contributed by atoms with Crippen LogP contribution < -0.4 is 0 Å². The first-order valence-corrected chi connectivity index (χ1v) is 6.64. The molecule has 1 unspecified atom stereocenters. The van der Waals surface area contributed by atoms with Crippen LogP contribution in [0.3, 0.4) is 0 Å². The smallest absolute Gasteiger partial charge is 0.169 e. The second kappa shape index (κ2) is 4.90. The van der Waals surface area contributed by atoms with Gasteiger partial charge in [-0.3, -0.25) is 4.98 Å². The van der Waals surface area contributed by atoms with Crippen molar-refractivity contribution in [3.8, 4) is 0 Å². The normalized spacial score (nSPS) is 28.1. The number of aromatic nitrogens is 1. The second-order valence-electron chi connectivity index (χ2n) is 5.22. The van der Waals surface area contributed by atoms with Crippen molar-refractivity contribution in [1.82, 2.24) is 4.98 Å². The summed E-state index contributed by atoms with van der Waals surface area (Å²) in [5.41, 5.74) is 2.79. The molecular weight excluding hydrogens is 244 g/mol. The van der Waals surface area contributed by atoms with Crippen LogP contribution in [0.5, 0.6) is 0 Å². The number of ether oxygens (including phenoxy) is 2. The lowest BCUT2D eigenvalue weighted by Gasteiger charge is -2.36. The molecule has 0 amide bonds. The minimum absolute atomic E-state index is 0.0301. The van der Waals surface area contributed by atoms with E-state index in [-0.39, 0.29) is 5.92 Å². The summed E-state index contributed by atoms with van der Waals surface area (Å²) in [6.45, 7) is 3.28. The molecular formula is C14H18N2O3. The highest BCUT2D eigenvalue weighted by Crippen LogP contribution is 2.41. The summed E-state index contributed by atoms with van der Waals surface area (Å²) in [5.74, 6) is -0.539. The molecule has 1 aromatic heterocycles. The molecule has 1 spiro atoms. The molecule has 1 atom stereocenters. The number of nitrogens with zero attached hydrogens (tertiary/aromatic N) is 2. The fraction of sp³-hybridized carbons (Fsp3) is 0.571. The van der Waals surface area contributed by atoms with E-state index in [1.165, 1.54) is 0 Å². The summed E-state index contributed by atoms with van der Waals surface area (Å²) < 4.78 is 11.5. The van der Waals surface area contributed by atoms with Crippen LogP contribution in [0.15, 0.2) is 23.5 Å². The number of aryl methyl sites for hydroxylation is 1. The van der Waals surface area contributed by atoms with Gasteiger partial charge >= 0.3 is 0 Å². The standard InChI is InChI=1S/C14H18N2O3/c1-10-2-3-12(15-9-10)11-8-14(18-6-7-19-14)5-4-13(11)16-17/h2-3,9,11,17H,4-8H2,1H3. The highest BCUT2D eigenvalue weighted by molar-refractivity contribution is 5.91. The molecule has 1 saturated heterocycles. The molecule has 1 N–H and O–H groups in total. The lowest BCUT2D eigenvalue weighted by molar-refractivity contribution is -0.170. The Morgan fingerprint density at radius 2 is 2.16 bits per heavy atom. The van der Waals surface area contributed by atoms with E-state index in [4.69, 9.17) is 9.47 Å². The Morgan fingerprint density at radius 3 is 2.79 bits per heavy atom. The average Bonchev–Trinajstić information content (AvgIpc) is 2.88. The van der Waals surface area contributed by atoms with Crippen molar-refractivity contribution in [1.29, 1.82) is 0 Å². The third-order valence-electron chi connectivity index (χ3n) is 3.91. The third kappa shape index (κ3) is 2.35. The highest BCUT2D eigenvalue weighted by atomic mass is 16.7. The van der Waals surface area contributed by atoms with Crippen LogP contribution in [0, 0.1) is 6.92 Å². The summed E-state index contributed by atoms with van der Waals surface area (Å²) in [7, 11) is 0. The zero-order valence-electron chi connectivity index (χ0n) is 11.0. The lowest BCUT2D eigenvalue weighted by Crippen LogP contribution is -2.39. The van der Waals surface area contributed by atoms with Gasteiger partial charge in [0.25, 0.3) is 0 Å². The summed E-state index contributed by atoms with van der Waals surface area (Å²) in [6.07, 6.45) is 3.93. The fourth-order valence-electron chi connectivity index (χ4n) is 2.86. The van der Waals surface area contributed by atoms with E-state index >= 15 is 0 Å². The summed E-state index contributed by atoms with van der Waals surface area (Å²) in [5, 5.41) is 12.6. The van der Waals surface area contributed by atoms with Gasteiger partial charge in [-0.2, -0.15) is 0 Å². The maximum absolute atomic E-state index is 9.19. The molecule has 102 valence electrons. The maximum Gasteiger partial charge on any atom is 0.169 e. The predicted molar refractivity (Wildman–Crippen MR) is 69.4 cm³/mol. The Balaban J connectivity index is 1.89. The van der Waals surface area contributed by atoms with Crippen LogP contribution in [-0.2, 0) is 9.47 Å². The van der Waals surface area contributed by atoms with Crippen molar-refractivity contribution in [2.45, 2.75) is 37.9 Å². The number of hydrogen-bond acceptors (Lipinski definition) is 5. The van der Waals surface area contributed by atoms with E-state index in [0.717, 1.165) is 23.4 Å². The predicted octanol–water partition coefficient (Wildman–Crippen LogP) is 2.23. The fourth-order valence-corrected chi connectivity index (χ4v) is 2.86. The molecule has 19 heavy (non-hydrogen) atoms. The first kappa shape index (κ1) is 12.6. The van der Waals surface area contributed by atoms with Crippen LogP contribution in [0.2, 0.25) is 0 Å². The zero-order valence-corrected chi connectivity index (χ0v) is 11.0. The van der Waals surface area contributed by atoms with E-state index in [9.17, 15) is 5.21 Å². The van der Waals surface area contributed by atoms with Gasteiger partial charge in [0.2, 0.25) is 0 Å². The lowest BCUT2D eigenvalue weighted by atomic mass is 9.81. The number of rotatable bonds is 1. The molecule has 2 fully saturated rings. The quantitative estimate of drug-likeness (QED) is 0.622. The monoisotopic (exact) mass is 262 g/mol. The van der Waals surface area contributed by atoms with Gasteiger partial charge in [0.1, 0.15) is 0 Å². The largest absolute Gasteiger partial charge is 0.411 e. The molecule has 5 nitrogen and oxygen atoms in total. The summed E-state index contributed by atoms with van der Waals surface area (Å²) in [4.78, 5) is 4.45. The molecule has 5 heteroatoms. The van der Waals surface area contributed by atoms with Gasteiger partial charge in [0, 0.05) is 30.7 Å². The van der Waals surface area contributed by atoms with E-state index in [2.05, 4.69) is 10.1 Å². The molecule has 1 aliphatic heterocycles. The molecule has 3 rings (SSSR count). The van der Waals surface area contributed by atoms with E-state index < -0.39 is 5.79 Å². The minimum atomic E-state index is -0.509. The topological polar surface area (TPSA) is 63.9 Å². The molecule has 1 aromatic rings. The Bertz CT molecular complexity index is 478. The highest BCUT2D eigenvalue weighted by Gasteiger charge is 2.44. The van der Waals surface area contributed by atoms with Gasteiger partial charge in [-0.05, 0) is 25.0 Å². The van der Waals surface area contributed by atoms with E-state index in [0.29, 0.717) is 26.1 Å². The van der Waals surface area contributed by atoms with E-state index in [1.807, 2.05) is 25.3 Å². The average molecular weight is 262 g/mol. The van der Waals surface area contributed by atoms with Gasteiger partial charge in [0.15, 0.2) is 5.79 Å². The Labute approximate surface area is 112 Å². The molecule has 2 heterocycles. The summed E-state index contributed by atoms with van der Waals surface area (Å²) in [6, 6.07) is 4.01. The van der Waals surface area contributed by atoms with Gasteiger partial charge in [-0.25, -0.2) is 0 Å². The molecule has 1 saturated carbocycles. The van der Waals surface area contributed by atoms with Crippen LogP contribution in [0.25, 0.3) is 0 Å².